The fraction of sp³-hybridized carbons (Fsp3) is 0.474. The Kier molecular flexibility index (Phi) is 7.56. The summed E-state index contributed by atoms with van der Waals surface area (Å²) in [6.45, 7) is 1.48. The molecule has 1 saturated heterocycles. The summed E-state index contributed by atoms with van der Waals surface area (Å²) >= 11 is 0. The van der Waals surface area contributed by atoms with Gasteiger partial charge in [-0.3, -0.25) is 0 Å². The van der Waals surface area contributed by atoms with Crippen LogP contribution in [0.15, 0.2) is 24.3 Å². The first-order valence-corrected chi connectivity index (χ1v) is 7.81. The topological polar surface area (TPSA) is 38.7 Å². The lowest BCUT2D eigenvalue weighted by molar-refractivity contribution is -0.161. The molecule has 3 heteroatoms. The molecule has 0 saturated carbocycles. The van der Waals surface area contributed by atoms with E-state index in [-0.39, 0.29) is 12.9 Å². The highest BCUT2D eigenvalue weighted by atomic mass is 16.7. The molecule has 0 spiro atoms. The molecule has 0 radical (unpaired) electrons. The van der Waals surface area contributed by atoms with E-state index in [9.17, 15) is 0 Å². The van der Waals surface area contributed by atoms with Gasteiger partial charge in [0.05, 0.1) is 13.2 Å². The van der Waals surface area contributed by atoms with Crippen LogP contribution in [0.3, 0.4) is 0 Å². The lowest BCUT2D eigenvalue weighted by Crippen LogP contribution is -2.22. The molecule has 0 aliphatic carbocycles. The molecule has 1 aliphatic rings. The summed E-state index contributed by atoms with van der Waals surface area (Å²) in [6.07, 6.45) is 4.41. The zero-order chi connectivity index (χ0) is 15.5. The SMILES string of the molecule is OCCC#Cc1ccccc1C#CCCOC1CCCCO1. The van der Waals surface area contributed by atoms with Crippen LogP contribution in [0.4, 0.5) is 0 Å². The molecule has 1 aromatic rings. The fourth-order valence-electron chi connectivity index (χ4n) is 2.16. The summed E-state index contributed by atoms with van der Waals surface area (Å²) in [4.78, 5) is 0. The van der Waals surface area contributed by atoms with Crippen molar-refractivity contribution in [2.45, 2.75) is 38.4 Å². The van der Waals surface area contributed by atoms with Gasteiger partial charge in [0.2, 0.25) is 0 Å². The van der Waals surface area contributed by atoms with Gasteiger partial charge in [-0.2, -0.15) is 0 Å². The smallest absolute Gasteiger partial charge is 0.157 e. The van der Waals surface area contributed by atoms with Gasteiger partial charge in [0, 0.05) is 30.6 Å². The van der Waals surface area contributed by atoms with Crippen molar-refractivity contribution in [2.75, 3.05) is 19.8 Å². The van der Waals surface area contributed by atoms with Crippen molar-refractivity contribution >= 4 is 0 Å². The Balaban J connectivity index is 1.82. The van der Waals surface area contributed by atoms with Gasteiger partial charge < -0.3 is 14.6 Å². The van der Waals surface area contributed by atoms with Crippen molar-refractivity contribution < 1.29 is 14.6 Å². The number of aliphatic hydroxyl groups is 1. The van der Waals surface area contributed by atoms with Crippen LogP contribution in [0.5, 0.6) is 0 Å². The first-order valence-electron chi connectivity index (χ1n) is 7.81. The van der Waals surface area contributed by atoms with Crippen LogP contribution in [0.2, 0.25) is 0 Å². The van der Waals surface area contributed by atoms with Crippen LogP contribution in [0.1, 0.15) is 43.2 Å². The van der Waals surface area contributed by atoms with E-state index >= 15 is 0 Å². The van der Waals surface area contributed by atoms with Gasteiger partial charge in [0.15, 0.2) is 6.29 Å². The van der Waals surface area contributed by atoms with Gasteiger partial charge in [0.25, 0.3) is 0 Å². The van der Waals surface area contributed by atoms with E-state index in [1.807, 2.05) is 24.3 Å². The van der Waals surface area contributed by atoms with E-state index in [4.69, 9.17) is 14.6 Å². The second kappa shape index (κ2) is 10.0. The molecule has 0 amide bonds. The second-order valence-electron chi connectivity index (χ2n) is 5.04. The Hall–Kier alpha value is -1.78. The van der Waals surface area contributed by atoms with Gasteiger partial charge in [-0.25, -0.2) is 0 Å². The van der Waals surface area contributed by atoms with Crippen LogP contribution < -0.4 is 0 Å². The fourth-order valence-corrected chi connectivity index (χ4v) is 2.16. The van der Waals surface area contributed by atoms with Crippen molar-refractivity contribution in [3.63, 3.8) is 0 Å². The average molecular weight is 298 g/mol. The van der Waals surface area contributed by atoms with E-state index in [1.54, 1.807) is 0 Å². The lowest BCUT2D eigenvalue weighted by Gasteiger charge is -2.22. The molecular weight excluding hydrogens is 276 g/mol. The van der Waals surface area contributed by atoms with Crippen LogP contribution >= 0.6 is 0 Å². The molecule has 1 aliphatic heterocycles. The summed E-state index contributed by atoms with van der Waals surface area (Å²) in [7, 11) is 0. The van der Waals surface area contributed by atoms with E-state index in [0.717, 1.165) is 30.6 Å². The van der Waals surface area contributed by atoms with Crippen molar-refractivity contribution in [3.05, 3.63) is 35.4 Å². The monoisotopic (exact) mass is 298 g/mol. The molecule has 22 heavy (non-hydrogen) atoms. The number of benzene rings is 1. The van der Waals surface area contributed by atoms with E-state index in [2.05, 4.69) is 23.7 Å². The highest BCUT2D eigenvalue weighted by molar-refractivity contribution is 5.49. The minimum absolute atomic E-state index is 0.0489. The molecule has 1 unspecified atom stereocenters. The highest BCUT2D eigenvalue weighted by Crippen LogP contribution is 2.13. The summed E-state index contributed by atoms with van der Waals surface area (Å²) in [6, 6.07) is 7.80. The molecule has 1 heterocycles. The summed E-state index contributed by atoms with van der Waals surface area (Å²) in [5.74, 6) is 12.2. The molecule has 1 fully saturated rings. The van der Waals surface area contributed by atoms with Crippen molar-refractivity contribution in [1.82, 2.24) is 0 Å². The predicted octanol–water partition coefficient (Wildman–Crippen LogP) is 2.71. The van der Waals surface area contributed by atoms with E-state index in [1.165, 1.54) is 6.42 Å². The van der Waals surface area contributed by atoms with Crippen LogP contribution in [-0.4, -0.2) is 31.2 Å². The Morgan fingerprint density at radius 2 is 1.82 bits per heavy atom. The Morgan fingerprint density at radius 3 is 2.45 bits per heavy atom. The Labute approximate surface area is 132 Å². The molecule has 3 nitrogen and oxygen atoms in total. The summed E-state index contributed by atoms with van der Waals surface area (Å²) < 4.78 is 11.2. The van der Waals surface area contributed by atoms with Gasteiger partial charge in [-0.1, -0.05) is 35.8 Å². The van der Waals surface area contributed by atoms with Crippen LogP contribution in [0.25, 0.3) is 0 Å². The Bertz CT molecular complexity index is 566. The van der Waals surface area contributed by atoms with E-state index in [0.29, 0.717) is 19.4 Å². The zero-order valence-corrected chi connectivity index (χ0v) is 12.8. The van der Waals surface area contributed by atoms with Gasteiger partial charge >= 0.3 is 0 Å². The standard InChI is InChI=1S/C19H22O3/c20-14-6-3-11-17-9-1-2-10-18(17)12-4-7-15-21-19-13-5-8-16-22-19/h1-2,9-10,19-20H,5-8,13-16H2. The quantitative estimate of drug-likeness (QED) is 0.686. The lowest BCUT2D eigenvalue weighted by atomic mass is 10.1. The molecule has 0 aromatic heterocycles. The zero-order valence-electron chi connectivity index (χ0n) is 12.8. The third-order valence-electron chi connectivity index (χ3n) is 3.28. The minimum atomic E-state index is -0.0489. The molecule has 1 atom stereocenters. The summed E-state index contributed by atoms with van der Waals surface area (Å²) in [5.41, 5.74) is 1.82. The largest absolute Gasteiger partial charge is 0.395 e. The molecule has 2 rings (SSSR count). The van der Waals surface area contributed by atoms with Gasteiger partial charge in [-0.05, 0) is 31.4 Å². The number of ether oxygens (including phenoxy) is 2. The van der Waals surface area contributed by atoms with Crippen molar-refractivity contribution in [1.29, 1.82) is 0 Å². The molecule has 1 aromatic carbocycles. The van der Waals surface area contributed by atoms with Crippen molar-refractivity contribution in [3.8, 4) is 23.7 Å². The number of hydrogen-bond donors (Lipinski definition) is 1. The van der Waals surface area contributed by atoms with Crippen LogP contribution in [0, 0.1) is 23.7 Å². The average Bonchev–Trinajstić information content (AvgIpc) is 2.57. The van der Waals surface area contributed by atoms with Crippen LogP contribution in [-0.2, 0) is 9.47 Å². The third-order valence-corrected chi connectivity index (χ3v) is 3.28. The van der Waals surface area contributed by atoms with E-state index < -0.39 is 0 Å². The first kappa shape index (κ1) is 16.6. The third kappa shape index (κ3) is 5.92. The Morgan fingerprint density at radius 1 is 1.09 bits per heavy atom. The molecule has 0 bridgehead atoms. The minimum Gasteiger partial charge on any atom is -0.395 e. The maximum absolute atomic E-state index is 8.77. The molecule has 116 valence electrons. The number of rotatable bonds is 4. The normalized spacial score (nSPS) is 17.0. The number of hydrogen-bond acceptors (Lipinski definition) is 3. The molecular formula is C19H22O3. The van der Waals surface area contributed by atoms with Gasteiger partial charge in [0.1, 0.15) is 0 Å². The maximum Gasteiger partial charge on any atom is 0.157 e. The second-order valence-corrected chi connectivity index (χ2v) is 5.04. The first-order chi connectivity index (χ1) is 10.9. The van der Waals surface area contributed by atoms with Crippen molar-refractivity contribution in [2.24, 2.45) is 0 Å². The highest BCUT2D eigenvalue weighted by Gasteiger charge is 2.12. The summed E-state index contributed by atoms with van der Waals surface area (Å²) in [5, 5.41) is 8.77. The van der Waals surface area contributed by atoms with Gasteiger partial charge in [-0.15, -0.1) is 0 Å². The maximum atomic E-state index is 8.77. The molecule has 1 N–H and O–H groups in total. The predicted molar refractivity (Wildman–Crippen MR) is 86.1 cm³/mol. The number of aliphatic hydroxyl groups excluding tert-OH is 1.